The number of aliphatic hydroxyl groups is 1. The molecule has 1 N–H and O–H groups in total. The lowest BCUT2D eigenvalue weighted by Crippen LogP contribution is -2.35. The first kappa shape index (κ1) is 14.8. The van der Waals surface area contributed by atoms with E-state index in [4.69, 9.17) is 4.42 Å². The molecule has 0 bridgehead atoms. The normalized spacial score (nSPS) is 13.7. The number of hydrogen-bond acceptors (Lipinski definition) is 3. The van der Waals surface area contributed by atoms with Gasteiger partial charge < -0.3 is 9.52 Å². The van der Waals surface area contributed by atoms with Gasteiger partial charge in [-0.15, -0.1) is 0 Å². The van der Waals surface area contributed by atoms with Crippen molar-refractivity contribution < 1.29 is 9.52 Å². The van der Waals surface area contributed by atoms with Crippen LogP contribution in [0, 0.1) is 5.41 Å². The summed E-state index contributed by atoms with van der Waals surface area (Å²) in [7, 11) is 2.04. The molecular formula is C17H23NO2. The highest BCUT2D eigenvalue weighted by Gasteiger charge is 2.30. The maximum absolute atomic E-state index is 10.6. The molecule has 0 amide bonds. The van der Waals surface area contributed by atoms with Crippen LogP contribution in [0.25, 0.3) is 0 Å². The molecule has 1 aromatic carbocycles. The molecule has 1 heterocycles. The van der Waals surface area contributed by atoms with Crippen molar-refractivity contribution in [2.24, 2.45) is 5.41 Å². The lowest BCUT2D eigenvalue weighted by Gasteiger charge is -2.34. The number of furan rings is 1. The molecule has 1 aromatic heterocycles. The second-order valence-corrected chi connectivity index (χ2v) is 6.05. The molecule has 0 aliphatic carbocycles. The van der Waals surface area contributed by atoms with E-state index in [1.165, 1.54) is 0 Å². The highest BCUT2D eigenvalue weighted by Crippen LogP contribution is 2.34. The van der Waals surface area contributed by atoms with Crippen molar-refractivity contribution in [1.82, 2.24) is 4.90 Å². The highest BCUT2D eigenvalue weighted by atomic mass is 16.3. The predicted octanol–water partition coefficient (Wildman–Crippen LogP) is 3.47. The first-order valence-corrected chi connectivity index (χ1v) is 6.93. The molecular weight excluding hydrogens is 250 g/mol. The van der Waals surface area contributed by atoms with Crippen LogP contribution in [-0.2, 0) is 6.54 Å². The van der Waals surface area contributed by atoms with Crippen molar-refractivity contribution in [2.45, 2.75) is 26.5 Å². The van der Waals surface area contributed by atoms with Gasteiger partial charge in [-0.1, -0.05) is 44.2 Å². The first-order chi connectivity index (χ1) is 9.49. The van der Waals surface area contributed by atoms with Gasteiger partial charge in [-0.05, 0) is 24.7 Å². The minimum Gasteiger partial charge on any atom is -0.468 e. The van der Waals surface area contributed by atoms with E-state index in [1.54, 1.807) is 6.26 Å². The van der Waals surface area contributed by atoms with E-state index >= 15 is 0 Å². The molecule has 0 saturated heterocycles. The minimum absolute atomic E-state index is 0.233. The van der Waals surface area contributed by atoms with Crippen LogP contribution in [0.3, 0.4) is 0 Å². The van der Waals surface area contributed by atoms with Crippen molar-refractivity contribution in [3.05, 3.63) is 60.1 Å². The third kappa shape index (κ3) is 3.71. The molecule has 20 heavy (non-hydrogen) atoms. The Morgan fingerprint density at radius 3 is 2.45 bits per heavy atom. The standard InChI is InChI=1S/C17H23NO2/c1-17(2,16(19)14-8-5-4-6-9-14)13-18(3)12-15-10-7-11-20-15/h4-11,16,19H,12-13H2,1-3H3. The molecule has 3 nitrogen and oxygen atoms in total. The Balaban J connectivity index is 1.99. The molecule has 0 aliphatic rings. The van der Waals surface area contributed by atoms with Gasteiger partial charge in [0, 0.05) is 12.0 Å². The number of aliphatic hydroxyl groups excluding tert-OH is 1. The fraction of sp³-hybridized carbons (Fsp3) is 0.412. The van der Waals surface area contributed by atoms with Crippen molar-refractivity contribution in [2.75, 3.05) is 13.6 Å². The minimum atomic E-state index is -0.484. The van der Waals surface area contributed by atoms with Crippen LogP contribution < -0.4 is 0 Å². The molecule has 1 unspecified atom stereocenters. The predicted molar refractivity (Wildman–Crippen MR) is 80.2 cm³/mol. The molecule has 0 fully saturated rings. The quantitative estimate of drug-likeness (QED) is 0.875. The van der Waals surface area contributed by atoms with Gasteiger partial charge >= 0.3 is 0 Å². The third-order valence-electron chi connectivity index (χ3n) is 3.54. The van der Waals surface area contributed by atoms with E-state index < -0.39 is 6.10 Å². The van der Waals surface area contributed by atoms with Crippen LogP contribution in [0.4, 0.5) is 0 Å². The molecule has 0 saturated carbocycles. The van der Waals surface area contributed by atoms with E-state index in [-0.39, 0.29) is 5.41 Å². The Morgan fingerprint density at radius 2 is 1.85 bits per heavy atom. The summed E-state index contributed by atoms with van der Waals surface area (Å²) >= 11 is 0. The number of hydrogen-bond donors (Lipinski definition) is 1. The lowest BCUT2D eigenvalue weighted by atomic mass is 9.82. The maximum Gasteiger partial charge on any atom is 0.117 e. The van der Waals surface area contributed by atoms with Crippen molar-refractivity contribution in [3.8, 4) is 0 Å². The molecule has 2 rings (SSSR count). The summed E-state index contributed by atoms with van der Waals surface area (Å²) in [6, 6.07) is 13.7. The largest absolute Gasteiger partial charge is 0.468 e. The molecule has 108 valence electrons. The topological polar surface area (TPSA) is 36.6 Å². The fourth-order valence-electron chi connectivity index (χ4n) is 2.59. The zero-order chi connectivity index (χ0) is 14.6. The third-order valence-corrected chi connectivity index (χ3v) is 3.54. The Morgan fingerprint density at radius 1 is 1.15 bits per heavy atom. The molecule has 0 aliphatic heterocycles. The zero-order valence-corrected chi connectivity index (χ0v) is 12.4. The van der Waals surface area contributed by atoms with E-state index in [9.17, 15) is 5.11 Å². The highest BCUT2D eigenvalue weighted by molar-refractivity contribution is 5.19. The Kier molecular flexibility index (Phi) is 4.63. The molecule has 3 heteroatoms. The first-order valence-electron chi connectivity index (χ1n) is 6.93. The van der Waals surface area contributed by atoms with E-state index in [0.29, 0.717) is 0 Å². The van der Waals surface area contributed by atoms with Gasteiger partial charge in [0.15, 0.2) is 0 Å². The van der Waals surface area contributed by atoms with Gasteiger partial charge in [0.2, 0.25) is 0 Å². The van der Waals surface area contributed by atoms with Crippen LogP contribution in [0.5, 0.6) is 0 Å². The maximum atomic E-state index is 10.6. The molecule has 2 aromatic rings. The van der Waals surface area contributed by atoms with Gasteiger partial charge in [0.1, 0.15) is 5.76 Å². The van der Waals surface area contributed by atoms with Crippen molar-refractivity contribution >= 4 is 0 Å². The summed E-state index contributed by atoms with van der Waals surface area (Å²) in [6.07, 6.45) is 1.20. The fourth-order valence-corrected chi connectivity index (χ4v) is 2.59. The average Bonchev–Trinajstić information content (AvgIpc) is 2.91. The van der Waals surface area contributed by atoms with Crippen molar-refractivity contribution in [1.29, 1.82) is 0 Å². The number of nitrogens with zero attached hydrogens (tertiary/aromatic N) is 1. The monoisotopic (exact) mass is 273 g/mol. The van der Waals surface area contributed by atoms with Crippen LogP contribution in [0.2, 0.25) is 0 Å². The summed E-state index contributed by atoms with van der Waals surface area (Å²) in [6.45, 7) is 5.70. The second kappa shape index (κ2) is 6.25. The van der Waals surface area contributed by atoms with E-state index in [0.717, 1.165) is 24.4 Å². The summed E-state index contributed by atoms with van der Waals surface area (Å²) in [5.74, 6) is 0.942. The number of benzene rings is 1. The SMILES string of the molecule is CN(Cc1ccco1)CC(C)(C)C(O)c1ccccc1. The molecule has 1 atom stereocenters. The Bertz CT molecular complexity index is 505. The average molecular weight is 273 g/mol. The van der Waals surface area contributed by atoms with Gasteiger partial charge in [-0.3, -0.25) is 4.90 Å². The number of rotatable bonds is 6. The zero-order valence-electron chi connectivity index (χ0n) is 12.4. The van der Waals surface area contributed by atoms with Crippen molar-refractivity contribution in [3.63, 3.8) is 0 Å². The molecule has 0 spiro atoms. The van der Waals surface area contributed by atoms with Gasteiger partial charge in [0.25, 0.3) is 0 Å². The van der Waals surface area contributed by atoms with Crippen LogP contribution >= 0.6 is 0 Å². The van der Waals surface area contributed by atoms with E-state index in [1.807, 2.05) is 49.5 Å². The Labute approximate surface area is 120 Å². The van der Waals surface area contributed by atoms with E-state index in [2.05, 4.69) is 18.7 Å². The second-order valence-electron chi connectivity index (χ2n) is 6.05. The van der Waals surface area contributed by atoms with Crippen LogP contribution in [0.1, 0.15) is 31.3 Å². The summed E-state index contributed by atoms with van der Waals surface area (Å²) in [5.41, 5.74) is 0.729. The van der Waals surface area contributed by atoms with Crippen LogP contribution in [0.15, 0.2) is 53.1 Å². The summed E-state index contributed by atoms with van der Waals surface area (Å²) in [4.78, 5) is 2.17. The smallest absolute Gasteiger partial charge is 0.117 e. The molecule has 0 radical (unpaired) electrons. The summed E-state index contributed by atoms with van der Waals surface area (Å²) < 4.78 is 5.36. The van der Waals surface area contributed by atoms with Gasteiger partial charge in [0.05, 0.1) is 18.9 Å². The van der Waals surface area contributed by atoms with Gasteiger partial charge in [-0.2, -0.15) is 0 Å². The lowest BCUT2D eigenvalue weighted by molar-refractivity contribution is 0.0232. The van der Waals surface area contributed by atoms with Crippen LogP contribution in [-0.4, -0.2) is 23.6 Å². The Hall–Kier alpha value is -1.58. The summed E-state index contributed by atoms with van der Waals surface area (Å²) in [5, 5.41) is 10.6. The van der Waals surface area contributed by atoms with Gasteiger partial charge in [-0.25, -0.2) is 0 Å².